The second-order valence-corrected chi connectivity index (χ2v) is 4.75. The predicted molar refractivity (Wildman–Crippen MR) is 71.7 cm³/mol. The summed E-state index contributed by atoms with van der Waals surface area (Å²) in [5.41, 5.74) is 0.464. The summed E-state index contributed by atoms with van der Waals surface area (Å²) < 4.78 is 6.04. The van der Waals surface area contributed by atoms with Crippen LogP contribution in [0.3, 0.4) is 0 Å². The van der Waals surface area contributed by atoms with E-state index in [-0.39, 0.29) is 18.4 Å². The van der Waals surface area contributed by atoms with Crippen molar-refractivity contribution in [2.45, 2.75) is 26.7 Å². The van der Waals surface area contributed by atoms with Crippen LogP contribution >= 0.6 is 0 Å². The minimum atomic E-state index is -0.288. The smallest absolute Gasteiger partial charge is 0.333 e. The Morgan fingerprint density at radius 3 is 2.44 bits per heavy atom. The van der Waals surface area contributed by atoms with Crippen LogP contribution in [0.4, 0.5) is 0 Å². The number of hydrogen-bond donors (Lipinski definition) is 0. The zero-order chi connectivity index (χ0) is 13.3. The lowest BCUT2D eigenvalue weighted by Gasteiger charge is -2.32. The van der Waals surface area contributed by atoms with E-state index < -0.39 is 0 Å². The molecule has 0 amide bonds. The molecule has 0 aromatic carbocycles. The van der Waals surface area contributed by atoms with Crippen LogP contribution in [0.25, 0.3) is 0 Å². The van der Waals surface area contributed by atoms with Gasteiger partial charge in [0, 0.05) is 5.57 Å². The summed E-state index contributed by atoms with van der Waals surface area (Å²) >= 11 is 0. The monoisotopic (exact) mass is 275 g/mol. The number of carbonyl (C=O) groups is 1. The van der Waals surface area contributed by atoms with Crippen molar-refractivity contribution in [1.29, 1.82) is 0 Å². The van der Waals surface area contributed by atoms with Crippen molar-refractivity contribution in [2.75, 3.05) is 33.3 Å². The highest BCUT2D eigenvalue weighted by Gasteiger charge is 2.16. The molecule has 0 aromatic rings. The molecule has 0 aliphatic carbocycles. The first-order valence-corrected chi connectivity index (χ1v) is 6.22. The van der Waals surface area contributed by atoms with Crippen LogP contribution in [0, 0.1) is 0 Å². The van der Waals surface area contributed by atoms with Gasteiger partial charge in [-0.1, -0.05) is 13.2 Å². The highest BCUT2D eigenvalue weighted by molar-refractivity contribution is 5.86. The zero-order valence-corrected chi connectivity index (χ0v) is 12.6. The number of ether oxygens (including phenoxy) is 1. The summed E-state index contributed by atoms with van der Waals surface area (Å²) in [4.78, 5) is 11.1. The number of rotatable bonds is 9. The van der Waals surface area contributed by atoms with Gasteiger partial charge in [0.25, 0.3) is 0 Å². The minimum absolute atomic E-state index is 0. The van der Waals surface area contributed by atoms with E-state index in [1.165, 1.54) is 0 Å². The van der Waals surface area contributed by atoms with Gasteiger partial charge < -0.3 is 21.6 Å². The van der Waals surface area contributed by atoms with E-state index in [0.717, 1.165) is 37.0 Å². The lowest BCUT2D eigenvalue weighted by molar-refractivity contribution is -0.902. The second kappa shape index (κ2) is 10.2. The van der Waals surface area contributed by atoms with Gasteiger partial charge >= 0.3 is 5.97 Å². The maximum absolute atomic E-state index is 11.1. The van der Waals surface area contributed by atoms with Crippen LogP contribution in [-0.2, 0) is 9.53 Å². The molecule has 3 nitrogen and oxygen atoms in total. The maximum atomic E-state index is 11.1. The standard InChI is InChI=1S/C14H26NO2.ClH/c1-6-10-15(5,7-2)11-8-9-12-17-14(16)13(3)4;/h6H,1,3,7-12H2,2,4-5H3;1H/q+1;/p-1. The Morgan fingerprint density at radius 2 is 2.00 bits per heavy atom. The van der Waals surface area contributed by atoms with Gasteiger partial charge in [-0.3, -0.25) is 0 Å². The van der Waals surface area contributed by atoms with Crippen LogP contribution in [0.1, 0.15) is 26.7 Å². The highest BCUT2D eigenvalue weighted by atomic mass is 35.5. The van der Waals surface area contributed by atoms with Crippen molar-refractivity contribution in [1.82, 2.24) is 0 Å². The fourth-order valence-corrected chi connectivity index (χ4v) is 1.57. The third-order valence-corrected chi connectivity index (χ3v) is 3.01. The van der Waals surface area contributed by atoms with Crippen LogP contribution < -0.4 is 12.4 Å². The molecule has 0 rings (SSSR count). The van der Waals surface area contributed by atoms with Gasteiger partial charge in [0.1, 0.15) is 0 Å². The second-order valence-electron chi connectivity index (χ2n) is 4.75. The predicted octanol–water partition coefficient (Wildman–Crippen LogP) is -0.458. The molecule has 1 atom stereocenters. The quantitative estimate of drug-likeness (QED) is 0.187. The number of halogens is 1. The Labute approximate surface area is 118 Å². The Morgan fingerprint density at radius 1 is 1.39 bits per heavy atom. The lowest BCUT2D eigenvalue weighted by atomic mass is 10.2. The number of likely N-dealkylation sites (N-methyl/N-ethyl adjacent to an activating group) is 1. The van der Waals surface area contributed by atoms with Gasteiger partial charge in [0.2, 0.25) is 0 Å². The summed E-state index contributed by atoms with van der Waals surface area (Å²) in [6, 6.07) is 0. The summed E-state index contributed by atoms with van der Waals surface area (Å²) in [6.07, 6.45) is 3.93. The zero-order valence-electron chi connectivity index (χ0n) is 11.9. The average molecular weight is 276 g/mol. The Hall–Kier alpha value is -0.800. The number of carbonyl (C=O) groups excluding carboxylic acids is 1. The molecule has 0 radical (unpaired) electrons. The molecule has 18 heavy (non-hydrogen) atoms. The lowest BCUT2D eigenvalue weighted by Crippen LogP contribution is -3.00. The Kier molecular flexibility index (Phi) is 11.0. The fraction of sp³-hybridized carbons (Fsp3) is 0.643. The Bertz CT molecular complexity index is 279. The molecule has 0 fully saturated rings. The molecular weight excluding hydrogens is 250 g/mol. The highest BCUT2D eigenvalue weighted by Crippen LogP contribution is 2.06. The molecule has 0 saturated heterocycles. The van der Waals surface area contributed by atoms with Crippen LogP contribution in [0.15, 0.2) is 24.8 Å². The summed E-state index contributed by atoms with van der Waals surface area (Å²) in [7, 11) is 2.22. The first kappa shape index (κ1) is 19.5. The van der Waals surface area contributed by atoms with Gasteiger partial charge in [-0.2, -0.15) is 0 Å². The normalized spacial score (nSPS) is 13.1. The van der Waals surface area contributed by atoms with Gasteiger partial charge in [-0.05, 0) is 32.8 Å². The van der Waals surface area contributed by atoms with E-state index >= 15 is 0 Å². The van der Waals surface area contributed by atoms with Crippen molar-refractivity contribution in [3.05, 3.63) is 24.8 Å². The molecule has 0 spiro atoms. The molecule has 4 heteroatoms. The molecule has 0 aromatic heterocycles. The fourth-order valence-electron chi connectivity index (χ4n) is 1.57. The number of hydrogen-bond acceptors (Lipinski definition) is 2. The first-order chi connectivity index (χ1) is 7.95. The average Bonchev–Trinajstić information content (AvgIpc) is 2.28. The molecule has 0 heterocycles. The van der Waals surface area contributed by atoms with Gasteiger partial charge in [0.05, 0.1) is 33.3 Å². The van der Waals surface area contributed by atoms with E-state index in [9.17, 15) is 4.79 Å². The summed E-state index contributed by atoms with van der Waals surface area (Å²) in [5.74, 6) is -0.288. The molecule has 0 saturated carbocycles. The van der Waals surface area contributed by atoms with Crippen molar-refractivity contribution >= 4 is 5.97 Å². The summed E-state index contributed by atoms with van der Waals surface area (Å²) in [5, 5.41) is 0. The molecule has 106 valence electrons. The topological polar surface area (TPSA) is 26.3 Å². The van der Waals surface area contributed by atoms with Gasteiger partial charge in [-0.15, -0.1) is 0 Å². The molecule has 0 aliphatic heterocycles. The molecular formula is C14H26ClNO2. The third-order valence-electron chi connectivity index (χ3n) is 3.01. The number of unbranched alkanes of at least 4 members (excludes halogenated alkanes) is 1. The SMILES string of the molecule is C=CC[N+](C)(CC)CCCCOC(=O)C(=C)C.[Cl-]. The summed E-state index contributed by atoms with van der Waals surface area (Å²) in [6.45, 7) is 14.8. The van der Waals surface area contributed by atoms with E-state index in [4.69, 9.17) is 4.74 Å². The molecule has 0 aliphatic rings. The molecule has 0 N–H and O–H groups in total. The first-order valence-electron chi connectivity index (χ1n) is 6.22. The van der Waals surface area contributed by atoms with Crippen molar-refractivity contribution in [3.63, 3.8) is 0 Å². The van der Waals surface area contributed by atoms with Crippen molar-refractivity contribution in [3.8, 4) is 0 Å². The van der Waals surface area contributed by atoms with Crippen LogP contribution in [-0.4, -0.2) is 43.7 Å². The van der Waals surface area contributed by atoms with Crippen molar-refractivity contribution in [2.24, 2.45) is 0 Å². The third kappa shape index (κ3) is 8.31. The maximum Gasteiger partial charge on any atom is 0.333 e. The minimum Gasteiger partial charge on any atom is -1.00 e. The van der Waals surface area contributed by atoms with E-state index in [2.05, 4.69) is 27.1 Å². The number of quaternary nitrogens is 1. The molecule has 0 bridgehead atoms. The largest absolute Gasteiger partial charge is 1.00 e. The van der Waals surface area contributed by atoms with E-state index in [1.807, 2.05) is 6.08 Å². The number of esters is 1. The molecule has 1 unspecified atom stereocenters. The van der Waals surface area contributed by atoms with Gasteiger partial charge in [-0.25, -0.2) is 4.79 Å². The van der Waals surface area contributed by atoms with Crippen LogP contribution in [0.5, 0.6) is 0 Å². The van der Waals surface area contributed by atoms with E-state index in [1.54, 1.807) is 6.92 Å². The number of nitrogens with zero attached hydrogens (tertiary/aromatic N) is 1. The van der Waals surface area contributed by atoms with Gasteiger partial charge in [0.15, 0.2) is 0 Å². The van der Waals surface area contributed by atoms with Crippen LogP contribution in [0.2, 0.25) is 0 Å². The Balaban J connectivity index is 0. The van der Waals surface area contributed by atoms with Crippen molar-refractivity contribution < 1.29 is 26.4 Å². The van der Waals surface area contributed by atoms with E-state index in [0.29, 0.717) is 12.2 Å².